The highest BCUT2D eigenvalue weighted by Gasteiger charge is 2.72. The van der Waals surface area contributed by atoms with Crippen LogP contribution in [0.4, 0.5) is 0 Å². The van der Waals surface area contributed by atoms with E-state index in [0.717, 1.165) is 18.3 Å². The highest BCUT2D eigenvalue weighted by Crippen LogP contribution is 2.77. The molecule has 0 aromatic rings. The number of carboxylic acids is 1. The fraction of sp³-hybridized carbons (Fsp3) is 0.842. The van der Waals surface area contributed by atoms with Crippen LogP contribution in [0.5, 0.6) is 0 Å². The summed E-state index contributed by atoms with van der Waals surface area (Å²) >= 11 is 0. The molecule has 0 spiro atoms. The van der Waals surface area contributed by atoms with Crippen LogP contribution in [-0.4, -0.2) is 11.1 Å². The minimum absolute atomic E-state index is 0.0728. The van der Waals surface area contributed by atoms with Crippen molar-refractivity contribution in [2.45, 2.75) is 52.9 Å². The first-order valence-corrected chi connectivity index (χ1v) is 8.88. The molecular formula is C19H28O2. The molecule has 4 rings (SSSR count). The summed E-state index contributed by atoms with van der Waals surface area (Å²) < 4.78 is 0. The van der Waals surface area contributed by atoms with Gasteiger partial charge >= 0.3 is 5.97 Å². The lowest BCUT2D eigenvalue weighted by atomic mass is 9.51. The molecule has 0 radical (unpaired) electrons. The zero-order valence-corrected chi connectivity index (χ0v) is 13.5. The van der Waals surface area contributed by atoms with Crippen molar-refractivity contribution in [2.24, 2.45) is 46.3 Å². The predicted molar refractivity (Wildman–Crippen MR) is 82.7 cm³/mol. The summed E-state index contributed by atoms with van der Waals surface area (Å²) in [4.78, 5) is 11.8. The summed E-state index contributed by atoms with van der Waals surface area (Å²) in [5, 5.41) is 9.73. The molecule has 0 saturated heterocycles. The molecule has 2 heteroatoms. The van der Waals surface area contributed by atoms with E-state index in [1.165, 1.54) is 25.7 Å². The second kappa shape index (κ2) is 4.14. The van der Waals surface area contributed by atoms with E-state index in [1.807, 2.05) is 0 Å². The van der Waals surface area contributed by atoms with E-state index in [4.69, 9.17) is 0 Å². The molecule has 0 aromatic heterocycles. The maximum atomic E-state index is 11.8. The second-order valence-electron chi connectivity index (χ2n) is 8.49. The van der Waals surface area contributed by atoms with Crippen LogP contribution >= 0.6 is 0 Å². The third-order valence-corrected chi connectivity index (χ3v) is 8.43. The van der Waals surface area contributed by atoms with Gasteiger partial charge in [0.2, 0.25) is 0 Å². The summed E-state index contributed by atoms with van der Waals surface area (Å²) in [7, 11) is 0. The van der Waals surface area contributed by atoms with Crippen molar-refractivity contribution in [2.75, 3.05) is 0 Å². The molecule has 7 atom stereocenters. The molecule has 4 bridgehead atoms. The van der Waals surface area contributed by atoms with Crippen LogP contribution in [0, 0.1) is 46.3 Å². The van der Waals surface area contributed by atoms with Gasteiger partial charge in [-0.1, -0.05) is 45.8 Å². The van der Waals surface area contributed by atoms with Gasteiger partial charge in [-0.05, 0) is 59.7 Å². The quantitative estimate of drug-likeness (QED) is 0.616. The van der Waals surface area contributed by atoms with Crippen molar-refractivity contribution in [3.63, 3.8) is 0 Å². The van der Waals surface area contributed by atoms with Gasteiger partial charge in [-0.3, -0.25) is 4.79 Å². The number of aliphatic carboxylic acids is 1. The molecular weight excluding hydrogens is 260 g/mol. The summed E-state index contributed by atoms with van der Waals surface area (Å²) in [6, 6.07) is 0. The van der Waals surface area contributed by atoms with Crippen LogP contribution in [0.1, 0.15) is 52.9 Å². The van der Waals surface area contributed by atoms with Gasteiger partial charge in [0, 0.05) is 0 Å². The Balaban J connectivity index is 1.82. The van der Waals surface area contributed by atoms with Crippen molar-refractivity contribution in [3.8, 4) is 0 Å². The normalized spacial score (nSPS) is 49.9. The van der Waals surface area contributed by atoms with Crippen molar-refractivity contribution in [1.82, 2.24) is 0 Å². The summed E-state index contributed by atoms with van der Waals surface area (Å²) in [6.07, 6.45) is 10.7. The number of carbonyl (C=O) groups is 1. The maximum absolute atomic E-state index is 11.8. The Labute approximate surface area is 128 Å². The molecule has 4 aliphatic carbocycles. The van der Waals surface area contributed by atoms with Crippen molar-refractivity contribution >= 4 is 5.97 Å². The molecule has 0 heterocycles. The maximum Gasteiger partial charge on any atom is 0.306 e. The minimum atomic E-state index is -0.526. The second-order valence-corrected chi connectivity index (χ2v) is 8.49. The van der Waals surface area contributed by atoms with E-state index in [0.29, 0.717) is 28.6 Å². The Morgan fingerprint density at radius 1 is 1.24 bits per heavy atom. The van der Waals surface area contributed by atoms with Crippen LogP contribution in [-0.2, 0) is 4.79 Å². The van der Waals surface area contributed by atoms with E-state index < -0.39 is 5.97 Å². The Hall–Kier alpha value is -0.790. The highest BCUT2D eigenvalue weighted by atomic mass is 16.4. The first kappa shape index (κ1) is 13.8. The Morgan fingerprint density at radius 3 is 2.52 bits per heavy atom. The Kier molecular flexibility index (Phi) is 2.73. The van der Waals surface area contributed by atoms with Gasteiger partial charge in [0.05, 0.1) is 5.92 Å². The lowest BCUT2D eigenvalue weighted by Gasteiger charge is -2.52. The van der Waals surface area contributed by atoms with Gasteiger partial charge in [-0.25, -0.2) is 0 Å². The van der Waals surface area contributed by atoms with Crippen LogP contribution in [0.3, 0.4) is 0 Å². The van der Waals surface area contributed by atoms with E-state index in [-0.39, 0.29) is 5.92 Å². The number of hydrogen-bond acceptors (Lipinski definition) is 1. The largest absolute Gasteiger partial charge is 0.481 e. The van der Waals surface area contributed by atoms with Crippen LogP contribution < -0.4 is 0 Å². The fourth-order valence-electron chi connectivity index (χ4n) is 7.21. The smallest absolute Gasteiger partial charge is 0.306 e. The number of rotatable bonds is 4. The zero-order chi connectivity index (χ0) is 15.0. The fourth-order valence-corrected chi connectivity index (χ4v) is 7.21. The average Bonchev–Trinajstić information content (AvgIpc) is 3.22. The van der Waals surface area contributed by atoms with E-state index in [2.05, 4.69) is 32.9 Å². The third-order valence-electron chi connectivity index (χ3n) is 8.43. The van der Waals surface area contributed by atoms with E-state index in [9.17, 15) is 9.90 Å². The average molecular weight is 288 g/mol. The Bertz CT molecular complexity index is 504. The lowest BCUT2D eigenvalue weighted by molar-refractivity contribution is -0.147. The SMILES string of the molecule is CCC(C)(CC)C12CC(C(=O)O)C(C1)C1C3C=CC(C3)C12. The van der Waals surface area contributed by atoms with Crippen molar-refractivity contribution in [3.05, 3.63) is 12.2 Å². The number of fused-ring (bicyclic) bond motifs is 9. The standard InChI is InChI=1S/C19H28O2/c1-4-18(3,5-2)19-9-13(14(10-19)17(20)21)15-11-6-7-12(8-11)16(15)19/h6-7,11-16H,4-5,8-10H2,1-3H3,(H,20,21). The molecule has 7 unspecified atom stereocenters. The molecule has 0 aliphatic heterocycles. The number of allylic oxidation sites excluding steroid dienone is 2. The van der Waals surface area contributed by atoms with Gasteiger partial charge < -0.3 is 5.11 Å². The van der Waals surface area contributed by atoms with E-state index in [1.54, 1.807) is 0 Å². The van der Waals surface area contributed by atoms with Crippen molar-refractivity contribution in [1.29, 1.82) is 0 Å². The molecule has 3 saturated carbocycles. The van der Waals surface area contributed by atoms with Gasteiger partial charge in [0.1, 0.15) is 0 Å². The molecule has 4 aliphatic rings. The minimum Gasteiger partial charge on any atom is -0.481 e. The molecule has 2 nitrogen and oxygen atoms in total. The number of carboxylic acid groups (broad SMARTS) is 1. The zero-order valence-electron chi connectivity index (χ0n) is 13.5. The Morgan fingerprint density at radius 2 is 1.90 bits per heavy atom. The lowest BCUT2D eigenvalue weighted by Crippen LogP contribution is -2.47. The molecule has 1 N–H and O–H groups in total. The summed E-state index contributed by atoms with van der Waals surface area (Å²) in [6.45, 7) is 7.09. The molecule has 0 aromatic carbocycles. The monoisotopic (exact) mass is 288 g/mol. The van der Waals surface area contributed by atoms with Crippen LogP contribution in [0.15, 0.2) is 12.2 Å². The van der Waals surface area contributed by atoms with Crippen LogP contribution in [0.25, 0.3) is 0 Å². The molecule has 0 amide bonds. The third kappa shape index (κ3) is 1.42. The molecule has 3 fully saturated rings. The first-order valence-electron chi connectivity index (χ1n) is 8.88. The molecule has 116 valence electrons. The predicted octanol–water partition coefficient (Wildman–Crippen LogP) is 4.36. The van der Waals surface area contributed by atoms with Gasteiger partial charge in [-0.2, -0.15) is 0 Å². The molecule has 21 heavy (non-hydrogen) atoms. The summed E-state index contributed by atoms with van der Waals surface area (Å²) in [5.74, 6) is 2.73. The summed E-state index contributed by atoms with van der Waals surface area (Å²) in [5.41, 5.74) is 0.603. The highest BCUT2D eigenvalue weighted by molar-refractivity contribution is 5.71. The first-order chi connectivity index (χ1) is 9.97. The van der Waals surface area contributed by atoms with E-state index >= 15 is 0 Å². The number of hydrogen-bond donors (Lipinski definition) is 1. The van der Waals surface area contributed by atoms with Gasteiger partial charge in [0.15, 0.2) is 0 Å². The van der Waals surface area contributed by atoms with Crippen LogP contribution in [0.2, 0.25) is 0 Å². The topological polar surface area (TPSA) is 37.3 Å². The van der Waals surface area contributed by atoms with Crippen molar-refractivity contribution < 1.29 is 9.90 Å². The van der Waals surface area contributed by atoms with Gasteiger partial charge in [-0.15, -0.1) is 0 Å². The van der Waals surface area contributed by atoms with Gasteiger partial charge in [0.25, 0.3) is 0 Å².